The minimum Gasteiger partial charge on any atom is -0.0616 e. The fourth-order valence-electron chi connectivity index (χ4n) is 2.55. The predicted molar refractivity (Wildman–Crippen MR) is 132 cm³/mol. The molecule has 0 amide bonds. The van der Waals surface area contributed by atoms with Crippen molar-refractivity contribution in [2.45, 2.75) is 52.4 Å². The van der Waals surface area contributed by atoms with E-state index in [9.17, 15) is 0 Å². The second kappa shape index (κ2) is 8.48. The third kappa shape index (κ3) is 5.85. The minimum atomic E-state index is 0.167. The summed E-state index contributed by atoms with van der Waals surface area (Å²) in [5.41, 5.74) is 6.33. The first-order chi connectivity index (χ1) is 12.0. The van der Waals surface area contributed by atoms with E-state index in [1.54, 1.807) is 0 Å². The van der Waals surface area contributed by atoms with Crippen LogP contribution >= 0.6 is 45.2 Å². The zero-order valence-electron chi connectivity index (χ0n) is 16.4. The molecular weight excluding hydrogens is 542 g/mol. The van der Waals surface area contributed by atoms with Gasteiger partial charge in [-0.05, 0) is 84.8 Å². The molecule has 26 heavy (non-hydrogen) atoms. The maximum absolute atomic E-state index is 3.38. The van der Waals surface area contributed by atoms with Gasteiger partial charge in [-0.1, -0.05) is 89.8 Å². The second-order valence-electron chi connectivity index (χ2n) is 8.54. The molecule has 2 aromatic carbocycles. The quantitative estimate of drug-likeness (QED) is 0.243. The van der Waals surface area contributed by atoms with Crippen LogP contribution in [0.5, 0.6) is 0 Å². The molecule has 2 rings (SSSR count). The second-order valence-corrected chi connectivity index (χ2v) is 12.8. The van der Waals surface area contributed by atoms with E-state index in [1.165, 1.54) is 18.3 Å². The Kier molecular flexibility index (Phi) is 7.01. The Morgan fingerprint density at radius 1 is 0.692 bits per heavy atom. The van der Waals surface area contributed by atoms with Crippen molar-refractivity contribution in [3.8, 4) is 11.8 Å². The lowest BCUT2D eigenvalue weighted by molar-refractivity contribution is 0.590. The molecule has 0 saturated carbocycles. The summed E-state index contributed by atoms with van der Waals surface area (Å²) >= 11 is 4.71. The largest absolute Gasteiger partial charge is 0.0676 e. The van der Waals surface area contributed by atoms with Crippen LogP contribution in [0.4, 0.5) is 0 Å². The summed E-state index contributed by atoms with van der Waals surface area (Å²) in [6.45, 7) is 13.4. The Labute approximate surface area is 186 Å². The van der Waals surface area contributed by atoms with Gasteiger partial charge in [0.25, 0.3) is 0 Å². The van der Waals surface area contributed by atoms with Crippen molar-refractivity contribution in [3.63, 3.8) is 0 Å². The minimum absolute atomic E-state index is 0.167. The van der Waals surface area contributed by atoms with Gasteiger partial charge in [-0.3, -0.25) is 0 Å². The Balaban J connectivity index is 2.31. The number of allylic oxidation sites excluding steroid dienone is 1. The smallest absolute Gasteiger partial charge is 0.0616 e. The highest BCUT2D eigenvalue weighted by atomic mass is 127. The monoisotopic (exact) mass is 568 g/mol. The molecule has 0 aliphatic carbocycles. The highest BCUT2D eigenvalue weighted by molar-refractivity contribution is 14.2. The van der Waals surface area contributed by atoms with Crippen LogP contribution in [-0.4, -0.2) is 0 Å². The average Bonchev–Trinajstić information content (AvgIpc) is 2.54. The van der Waals surface area contributed by atoms with Crippen LogP contribution < -0.4 is 0 Å². The number of benzene rings is 2. The van der Waals surface area contributed by atoms with Crippen LogP contribution in [-0.2, 0) is 10.8 Å². The molecule has 0 nitrogen and oxygen atoms in total. The third-order valence-corrected chi connectivity index (χ3v) is 5.39. The number of halogens is 2. The van der Waals surface area contributed by atoms with Crippen LogP contribution in [0.25, 0.3) is 5.57 Å². The Hall–Kier alpha value is -0.800. The molecule has 0 heterocycles. The molecule has 2 aromatic rings. The molecule has 0 bridgehead atoms. The molecule has 0 N–H and O–H groups in total. The SMILES string of the molecule is CC(C)(C)c1ccc(C#CC(=C(I)I)c2ccc(C(C)(C)C)cc2)cc1. The lowest BCUT2D eigenvalue weighted by Crippen LogP contribution is -2.10. The summed E-state index contributed by atoms with van der Waals surface area (Å²) in [6.07, 6.45) is 0. The molecule has 0 aliphatic rings. The van der Waals surface area contributed by atoms with Gasteiger partial charge in [-0.2, -0.15) is 0 Å². The van der Waals surface area contributed by atoms with Crippen LogP contribution in [0.3, 0.4) is 0 Å². The molecular formula is C24H26I2. The standard InChI is InChI=1S/C24H26I2/c1-23(2,3)19-12-7-17(8-13-19)9-16-21(22(25)26)18-10-14-20(15-11-18)24(4,5)6/h7-8,10-15H,1-6H3. The molecule has 0 unspecified atom stereocenters. The topological polar surface area (TPSA) is 0 Å². The molecule has 0 fully saturated rings. The highest BCUT2D eigenvalue weighted by Crippen LogP contribution is 2.30. The van der Waals surface area contributed by atoms with E-state index in [1.807, 2.05) is 0 Å². The summed E-state index contributed by atoms with van der Waals surface area (Å²) < 4.78 is 1.18. The zero-order valence-corrected chi connectivity index (χ0v) is 20.7. The van der Waals surface area contributed by atoms with Crippen molar-refractivity contribution < 1.29 is 0 Å². The van der Waals surface area contributed by atoms with Crippen molar-refractivity contribution in [3.05, 3.63) is 72.4 Å². The van der Waals surface area contributed by atoms with Gasteiger partial charge >= 0.3 is 0 Å². The van der Waals surface area contributed by atoms with E-state index in [0.717, 1.165) is 11.1 Å². The molecule has 0 aromatic heterocycles. The van der Waals surface area contributed by atoms with Crippen molar-refractivity contribution >= 4 is 50.8 Å². The molecule has 136 valence electrons. The molecule has 0 radical (unpaired) electrons. The van der Waals surface area contributed by atoms with Crippen LogP contribution in [0.2, 0.25) is 0 Å². The van der Waals surface area contributed by atoms with Crippen molar-refractivity contribution in [2.24, 2.45) is 0 Å². The van der Waals surface area contributed by atoms with Gasteiger partial charge in [0.05, 0.1) is 7.16 Å². The van der Waals surface area contributed by atoms with E-state index in [0.29, 0.717) is 0 Å². The normalized spacial score (nSPS) is 11.5. The predicted octanol–water partition coefficient (Wildman–Crippen LogP) is 7.87. The van der Waals surface area contributed by atoms with E-state index in [4.69, 9.17) is 0 Å². The van der Waals surface area contributed by atoms with Gasteiger partial charge < -0.3 is 0 Å². The fraction of sp³-hybridized carbons (Fsp3) is 0.333. The lowest BCUT2D eigenvalue weighted by Gasteiger charge is -2.19. The first kappa shape index (κ1) is 21.5. The van der Waals surface area contributed by atoms with E-state index >= 15 is 0 Å². The zero-order chi connectivity index (χ0) is 19.5. The Morgan fingerprint density at radius 3 is 1.50 bits per heavy atom. The Morgan fingerprint density at radius 2 is 1.12 bits per heavy atom. The summed E-state index contributed by atoms with van der Waals surface area (Å²) in [7, 11) is 0. The Bertz CT molecular complexity index is 840. The van der Waals surface area contributed by atoms with Crippen molar-refractivity contribution in [2.75, 3.05) is 0 Å². The first-order valence-electron chi connectivity index (χ1n) is 8.77. The van der Waals surface area contributed by atoms with Gasteiger partial charge in [0, 0.05) is 5.56 Å². The summed E-state index contributed by atoms with van der Waals surface area (Å²) in [5.74, 6) is 6.71. The molecule has 0 atom stereocenters. The molecule has 2 heteroatoms. The average molecular weight is 568 g/mol. The van der Waals surface area contributed by atoms with Gasteiger partial charge in [0.1, 0.15) is 0 Å². The maximum Gasteiger partial charge on any atom is 0.0676 e. The summed E-state index contributed by atoms with van der Waals surface area (Å²) in [5, 5.41) is 0. The van der Waals surface area contributed by atoms with Gasteiger partial charge in [-0.15, -0.1) is 0 Å². The van der Waals surface area contributed by atoms with Crippen molar-refractivity contribution in [1.82, 2.24) is 0 Å². The van der Waals surface area contributed by atoms with Crippen LogP contribution in [0.15, 0.2) is 50.1 Å². The molecule has 0 aliphatic heterocycles. The van der Waals surface area contributed by atoms with E-state index in [2.05, 4.69) is 147 Å². The van der Waals surface area contributed by atoms with Crippen molar-refractivity contribution in [1.29, 1.82) is 0 Å². The van der Waals surface area contributed by atoms with E-state index < -0.39 is 0 Å². The maximum atomic E-state index is 3.38. The fourth-order valence-corrected chi connectivity index (χ4v) is 3.45. The van der Waals surface area contributed by atoms with Crippen LogP contribution in [0.1, 0.15) is 63.8 Å². The third-order valence-electron chi connectivity index (χ3n) is 4.31. The van der Waals surface area contributed by atoms with E-state index in [-0.39, 0.29) is 10.8 Å². The van der Waals surface area contributed by atoms with Crippen LogP contribution in [0, 0.1) is 11.8 Å². The van der Waals surface area contributed by atoms with Gasteiger partial charge in [0.2, 0.25) is 0 Å². The first-order valence-corrected chi connectivity index (χ1v) is 10.9. The summed E-state index contributed by atoms with van der Waals surface area (Å²) in [6, 6.07) is 17.4. The number of hydrogen-bond acceptors (Lipinski definition) is 0. The molecule has 0 saturated heterocycles. The lowest BCUT2D eigenvalue weighted by atomic mass is 9.86. The summed E-state index contributed by atoms with van der Waals surface area (Å²) in [4.78, 5) is 0. The van der Waals surface area contributed by atoms with Gasteiger partial charge in [0.15, 0.2) is 0 Å². The highest BCUT2D eigenvalue weighted by Gasteiger charge is 2.14. The van der Waals surface area contributed by atoms with Gasteiger partial charge in [-0.25, -0.2) is 0 Å². The molecule has 0 spiro atoms. The number of hydrogen-bond donors (Lipinski definition) is 0. The number of rotatable bonds is 1.